The molecule has 1 aromatic heterocycles. The molecule has 8 heteroatoms. The first kappa shape index (κ1) is 19.0. The van der Waals surface area contributed by atoms with Gasteiger partial charge in [-0.05, 0) is 19.1 Å². The quantitative estimate of drug-likeness (QED) is 0.708. The predicted molar refractivity (Wildman–Crippen MR) is 98.4 cm³/mol. The van der Waals surface area contributed by atoms with E-state index in [2.05, 4.69) is 9.97 Å². The summed E-state index contributed by atoms with van der Waals surface area (Å²) in [6.45, 7) is 4.32. The van der Waals surface area contributed by atoms with Gasteiger partial charge in [0, 0.05) is 20.2 Å². The maximum absolute atomic E-state index is 12.6. The van der Waals surface area contributed by atoms with Crippen LogP contribution in [-0.4, -0.2) is 62.1 Å². The second-order valence-corrected chi connectivity index (χ2v) is 6.29. The lowest BCUT2D eigenvalue weighted by Crippen LogP contribution is -2.38. The van der Waals surface area contributed by atoms with Crippen LogP contribution in [0.1, 0.15) is 18.5 Å². The summed E-state index contributed by atoms with van der Waals surface area (Å²) in [7, 11) is 1.53. The molecule has 0 radical (unpaired) electrons. The number of benzene rings is 1. The number of methoxy groups -OCH3 is 1. The molecule has 2 aromatic rings. The number of rotatable bonds is 6. The van der Waals surface area contributed by atoms with Gasteiger partial charge in [0.1, 0.15) is 11.8 Å². The van der Waals surface area contributed by atoms with Crippen molar-refractivity contribution in [3.8, 4) is 6.07 Å². The number of hydrogen-bond acceptors (Lipinski definition) is 8. The Morgan fingerprint density at radius 2 is 1.96 bits per heavy atom. The minimum absolute atomic E-state index is 0.254. The second kappa shape index (κ2) is 8.75. The van der Waals surface area contributed by atoms with Crippen molar-refractivity contribution in [1.82, 2.24) is 9.97 Å². The third-order valence-electron chi connectivity index (χ3n) is 4.25. The summed E-state index contributed by atoms with van der Waals surface area (Å²) in [5.41, 5.74) is 1.65. The van der Waals surface area contributed by atoms with E-state index in [0.717, 1.165) is 0 Å². The fraction of sp³-hybridized carbons (Fsp3) is 0.474. The molecule has 2 unspecified atom stereocenters. The summed E-state index contributed by atoms with van der Waals surface area (Å²) in [5, 5.41) is 9.69. The summed E-state index contributed by atoms with van der Waals surface area (Å²) >= 11 is 0. The van der Waals surface area contributed by atoms with Gasteiger partial charge in [-0.2, -0.15) is 5.26 Å². The van der Waals surface area contributed by atoms with Crippen LogP contribution in [0.2, 0.25) is 0 Å². The molecule has 0 N–H and O–H groups in total. The second-order valence-electron chi connectivity index (χ2n) is 6.29. The van der Waals surface area contributed by atoms with E-state index in [1.807, 2.05) is 35.2 Å². The zero-order valence-electron chi connectivity index (χ0n) is 15.4. The molecule has 8 nitrogen and oxygen atoms in total. The maximum atomic E-state index is 12.6. The van der Waals surface area contributed by atoms with Crippen LogP contribution in [0.5, 0.6) is 0 Å². The van der Waals surface area contributed by atoms with Crippen LogP contribution in [0.3, 0.4) is 0 Å². The van der Waals surface area contributed by atoms with E-state index in [1.54, 1.807) is 6.92 Å². The molecule has 1 saturated heterocycles. The van der Waals surface area contributed by atoms with Gasteiger partial charge in [0.15, 0.2) is 11.7 Å². The van der Waals surface area contributed by atoms with E-state index < -0.39 is 18.0 Å². The molecule has 2 atom stereocenters. The van der Waals surface area contributed by atoms with E-state index in [-0.39, 0.29) is 6.61 Å². The van der Waals surface area contributed by atoms with Crippen molar-refractivity contribution < 1.29 is 19.0 Å². The first-order chi connectivity index (χ1) is 13.1. The van der Waals surface area contributed by atoms with Crippen molar-refractivity contribution in [2.24, 2.45) is 0 Å². The Balaban J connectivity index is 2.01. The Morgan fingerprint density at radius 3 is 2.59 bits per heavy atom. The molecular weight excluding hydrogens is 348 g/mol. The Kier molecular flexibility index (Phi) is 6.16. The molecule has 2 heterocycles. The van der Waals surface area contributed by atoms with Gasteiger partial charge in [-0.3, -0.25) is 4.79 Å². The van der Waals surface area contributed by atoms with Crippen LogP contribution in [0.15, 0.2) is 24.3 Å². The van der Waals surface area contributed by atoms with Gasteiger partial charge in [-0.1, -0.05) is 12.1 Å². The molecule has 3 rings (SSSR count). The number of nitriles is 1. The number of anilines is 1. The molecule has 0 amide bonds. The van der Waals surface area contributed by atoms with Gasteiger partial charge in [-0.25, -0.2) is 9.97 Å². The molecule has 0 saturated carbocycles. The minimum atomic E-state index is -1.17. The van der Waals surface area contributed by atoms with Crippen molar-refractivity contribution in [1.29, 1.82) is 5.26 Å². The van der Waals surface area contributed by atoms with E-state index in [9.17, 15) is 10.1 Å². The minimum Gasteiger partial charge on any atom is -0.459 e. The van der Waals surface area contributed by atoms with Crippen LogP contribution in [0.25, 0.3) is 11.0 Å². The maximum Gasteiger partial charge on any atom is 0.330 e. The Hall–Kier alpha value is -2.76. The van der Waals surface area contributed by atoms with Gasteiger partial charge >= 0.3 is 5.97 Å². The third-order valence-corrected chi connectivity index (χ3v) is 4.25. The molecular formula is C19H22N4O4. The third kappa shape index (κ3) is 4.32. The van der Waals surface area contributed by atoms with E-state index in [0.29, 0.717) is 48.8 Å². The van der Waals surface area contributed by atoms with Gasteiger partial charge in [0.25, 0.3) is 0 Å². The van der Waals surface area contributed by atoms with E-state index >= 15 is 0 Å². The predicted octanol–water partition coefficient (Wildman–Crippen LogP) is 1.65. The summed E-state index contributed by atoms with van der Waals surface area (Å²) in [6, 6.07) is 9.42. The van der Waals surface area contributed by atoms with Gasteiger partial charge in [-0.15, -0.1) is 0 Å². The fourth-order valence-corrected chi connectivity index (χ4v) is 2.97. The molecule has 0 spiro atoms. The zero-order chi connectivity index (χ0) is 19.2. The lowest BCUT2D eigenvalue weighted by molar-refractivity contribution is -0.150. The number of fused-ring (bicyclic) bond motifs is 1. The van der Waals surface area contributed by atoms with Crippen molar-refractivity contribution in [3.05, 3.63) is 30.0 Å². The molecule has 0 aliphatic carbocycles. The highest BCUT2D eigenvalue weighted by atomic mass is 16.6. The number of hydrogen-bond donors (Lipinski definition) is 0. The number of ether oxygens (including phenoxy) is 3. The van der Waals surface area contributed by atoms with Crippen LogP contribution >= 0.6 is 0 Å². The van der Waals surface area contributed by atoms with Crippen LogP contribution < -0.4 is 4.90 Å². The standard InChI is InChI=1S/C19H22N4O4/c1-13(12-25-2)27-19(24)14(11-20)17-18(23-7-9-26-10-8-23)22-16-6-4-3-5-15(16)21-17/h3-6,13-14H,7-10,12H2,1-2H3. The van der Waals surface area contributed by atoms with Gasteiger partial charge < -0.3 is 19.1 Å². The average Bonchev–Trinajstić information content (AvgIpc) is 2.69. The number of nitrogens with zero attached hydrogens (tertiary/aromatic N) is 4. The topological polar surface area (TPSA) is 97.6 Å². The Bertz CT molecular complexity index is 845. The number of para-hydroxylation sites is 2. The Labute approximate surface area is 157 Å². The summed E-state index contributed by atoms with van der Waals surface area (Å²) in [4.78, 5) is 23.9. The first-order valence-electron chi connectivity index (χ1n) is 8.82. The monoisotopic (exact) mass is 370 g/mol. The van der Waals surface area contributed by atoms with E-state index in [4.69, 9.17) is 14.2 Å². The highest BCUT2D eigenvalue weighted by Crippen LogP contribution is 2.28. The summed E-state index contributed by atoms with van der Waals surface area (Å²) < 4.78 is 15.7. The Morgan fingerprint density at radius 1 is 1.30 bits per heavy atom. The molecule has 27 heavy (non-hydrogen) atoms. The highest BCUT2D eigenvalue weighted by molar-refractivity contribution is 5.85. The van der Waals surface area contributed by atoms with E-state index in [1.165, 1.54) is 7.11 Å². The molecule has 0 bridgehead atoms. The number of esters is 1. The number of carbonyl (C=O) groups is 1. The van der Waals surface area contributed by atoms with Gasteiger partial charge in [0.05, 0.1) is 36.9 Å². The van der Waals surface area contributed by atoms with Gasteiger partial charge in [0.2, 0.25) is 0 Å². The molecule has 1 aliphatic rings. The lowest BCUT2D eigenvalue weighted by atomic mass is 10.1. The molecule has 1 aliphatic heterocycles. The zero-order valence-corrected chi connectivity index (χ0v) is 15.4. The molecule has 142 valence electrons. The highest BCUT2D eigenvalue weighted by Gasteiger charge is 2.31. The largest absolute Gasteiger partial charge is 0.459 e. The normalized spacial score (nSPS) is 16.6. The summed E-state index contributed by atoms with van der Waals surface area (Å²) in [6.07, 6.45) is -0.460. The summed E-state index contributed by atoms with van der Waals surface area (Å²) in [5.74, 6) is -1.29. The van der Waals surface area contributed by atoms with Crippen molar-refractivity contribution >= 4 is 22.8 Å². The number of aromatic nitrogens is 2. The van der Waals surface area contributed by atoms with Crippen molar-refractivity contribution in [2.45, 2.75) is 18.9 Å². The lowest BCUT2D eigenvalue weighted by Gasteiger charge is -2.29. The smallest absolute Gasteiger partial charge is 0.330 e. The van der Waals surface area contributed by atoms with Crippen molar-refractivity contribution in [2.75, 3.05) is 44.9 Å². The van der Waals surface area contributed by atoms with Crippen LogP contribution in [-0.2, 0) is 19.0 Å². The van der Waals surface area contributed by atoms with Crippen molar-refractivity contribution in [3.63, 3.8) is 0 Å². The first-order valence-corrected chi connectivity index (χ1v) is 8.82. The molecule has 1 aromatic carbocycles. The SMILES string of the molecule is COCC(C)OC(=O)C(C#N)c1nc2ccccc2nc1N1CCOCC1. The number of morpholine rings is 1. The fourth-order valence-electron chi connectivity index (χ4n) is 2.97. The average molecular weight is 370 g/mol. The van der Waals surface area contributed by atoms with Crippen LogP contribution in [0.4, 0.5) is 5.82 Å². The molecule has 1 fully saturated rings. The number of carbonyl (C=O) groups excluding carboxylic acids is 1. The van der Waals surface area contributed by atoms with Crippen LogP contribution in [0, 0.1) is 11.3 Å².